The number of rotatable bonds is 6. The van der Waals surface area contributed by atoms with Crippen molar-refractivity contribution in [1.29, 1.82) is 0 Å². The molecule has 1 heterocycles. The maximum absolute atomic E-state index is 14.6. The van der Waals surface area contributed by atoms with E-state index in [9.17, 15) is 30.8 Å². The zero-order valence-corrected chi connectivity index (χ0v) is 19.5. The van der Waals surface area contributed by atoms with Gasteiger partial charge in [0, 0.05) is 23.4 Å². The number of hydrogen-bond acceptors (Lipinski definition) is 5. The average molecular weight is 517 g/mol. The molecule has 0 saturated carbocycles. The average Bonchev–Trinajstić information content (AvgIpc) is 2.72. The van der Waals surface area contributed by atoms with Crippen molar-refractivity contribution in [3.63, 3.8) is 0 Å². The highest BCUT2D eigenvalue weighted by atomic mass is 35.5. The van der Waals surface area contributed by atoms with E-state index in [1.54, 1.807) is 11.6 Å². The van der Waals surface area contributed by atoms with Gasteiger partial charge in [-0.15, -0.1) is 0 Å². The minimum atomic E-state index is -3.88. The van der Waals surface area contributed by atoms with Gasteiger partial charge in [-0.05, 0) is 49.2 Å². The molecule has 3 rings (SSSR count). The van der Waals surface area contributed by atoms with E-state index in [1.165, 1.54) is 25.3 Å². The number of carbonyl (C=O) groups is 1. The summed E-state index contributed by atoms with van der Waals surface area (Å²) >= 11 is 6.21. The lowest BCUT2D eigenvalue weighted by Crippen LogP contribution is -2.30. The Hall–Kier alpha value is -3.18. The molecule has 0 aliphatic carbocycles. The van der Waals surface area contributed by atoms with Gasteiger partial charge in [0.05, 0.1) is 11.8 Å². The number of aryl methyl sites for hydroxylation is 1. The summed E-state index contributed by atoms with van der Waals surface area (Å²) in [6.45, 7) is 2.96. The minimum Gasteiger partial charge on any atom is -0.469 e. The summed E-state index contributed by atoms with van der Waals surface area (Å²) in [5.41, 5.74) is 0.364. The van der Waals surface area contributed by atoms with E-state index in [1.807, 2.05) is 0 Å². The Balaban J connectivity index is 1.88. The molecular formula is C22H17ClF4N2O4S. The third-order valence-electron chi connectivity index (χ3n) is 4.72. The topological polar surface area (TPSA) is 85.4 Å². The summed E-state index contributed by atoms with van der Waals surface area (Å²) in [6, 6.07) is 4.67. The molecule has 1 atom stereocenters. The first-order valence-electron chi connectivity index (χ1n) is 9.56. The molecule has 0 aliphatic heterocycles. The molecule has 34 heavy (non-hydrogen) atoms. The maximum atomic E-state index is 14.6. The smallest absolute Gasteiger partial charge is 0.267 e. The number of sulfonamides is 1. The van der Waals surface area contributed by atoms with Gasteiger partial charge >= 0.3 is 0 Å². The molecule has 0 saturated heterocycles. The van der Waals surface area contributed by atoms with Crippen LogP contribution in [-0.2, 0) is 10.0 Å². The minimum absolute atomic E-state index is 0.0361. The molecule has 0 aliphatic rings. The monoisotopic (exact) mass is 516 g/mol. The fraction of sp³-hybridized carbons (Fsp3) is 0.182. The number of hydrogen-bond donors (Lipinski definition) is 1. The number of amides is 1. The number of nitrogens with zero attached hydrogens (tertiary/aromatic N) is 1. The fourth-order valence-electron chi connectivity index (χ4n) is 3.13. The van der Waals surface area contributed by atoms with Crippen molar-refractivity contribution in [2.24, 2.45) is 0 Å². The standard InChI is InChI=1S/C22H17ClF4N2O4S/c1-10-4-15(21(30)29-34(3,31)32)17(24)6-13(10)12-5-16(23)22(28-9-12)33-11(2)14-7-19(26)20(27)8-18(14)25/h4-9,11H,1-3H3,(H,29,30)/t11-/m0/s1. The van der Waals surface area contributed by atoms with Crippen LogP contribution in [0.1, 0.15) is 34.5 Å². The summed E-state index contributed by atoms with van der Waals surface area (Å²) in [5.74, 6) is -5.81. The van der Waals surface area contributed by atoms with E-state index >= 15 is 0 Å². The molecule has 0 bridgehead atoms. The predicted octanol–water partition coefficient (Wildman–Crippen LogP) is 5.10. The van der Waals surface area contributed by atoms with Crippen LogP contribution < -0.4 is 9.46 Å². The van der Waals surface area contributed by atoms with Crippen LogP contribution in [0.2, 0.25) is 5.02 Å². The Labute approximate surface area is 197 Å². The third kappa shape index (κ3) is 5.65. The van der Waals surface area contributed by atoms with Crippen LogP contribution in [0.4, 0.5) is 17.6 Å². The Morgan fingerprint density at radius 2 is 1.68 bits per heavy atom. The van der Waals surface area contributed by atoms with Crippen molar-refractivity contribution in [2.75, 3.05) is 6.26 Å². The number of pyridine rings is 1. The molecule has 0 fully saturated rings. The molecule has 12 heteroatoms. The lowest BCUT2D eigenvalue weighted by Gasteiger charge is -2.17. The highest BCUT2D eigenvalue weighted by Gasteiger charge is 2.21. The normalized spacial score (nSPS) is 12.4. The highest BCUT2D eigenvalue weighted by Crippen LogP contribution is 2.33. The molecule has 0 unspecified atom stereocenters. The summed E-state index contributed by atoms with van der Waals surface area (Å²) in [5, 5.41) is -0.0361. The number of carbonyl (C=O) groups excluding carboxylic acids is 1. The van der Waals surface area contributed by atoms with E-state index in [4.69, 9.17) is 16.3 Å². The van der Waals surface area contributed by atoms with Gasteiger partial charge in [0.1, 0.15) is 22.8 Å². The molecule has 3 aromatic rings. The van der Waals surface area contributed by atoms with Gasteiger partial charge in [-0.2, -0.15) is 0 Å². The van der Waals surface area contributed by atoms with Gasteiger partial charge in [0.2, 0.25) is 15.9 Å². The van der Waals surface area contributed by atoms with Gasteiger partial charge in [0.15, 0.2) is 11.6 Å². The first-order valence-corrected chi connectivity index (χ1v) is 11.8. The SMILES string of the molecule is Cc1cc(C(=O)NS(C)(=O)=O)c(F)cc1-c1cnc(O[C@@H](C)c2cc(F)c(F)cc2F)c(Cl)c1. The van der Waals surface area contributed by atoms with Gasteiger partial charge < -0.3 is 4.74 Å². The van der Waals surface area contributed by atoms with Gasteiger partial charge in [-0.1, -0.05) is 11.6 Å². The number of ether oxygens (including phenoxy) is 1. The van der Waals surface area contributed by atoms with Crippen LogP contribution in [0.15, 0.2) is 36.5 Å². The van der Waals surface area contributed by atoms with Crippen molar-refractivity contribution >= 4 is 27.5 Å². The molecule has 1 N–H and O–H groups in total. The lowest BCUT2D eigenvalue weighted by molar-refractivity contribution is 0.0977. The van der Waals surface area contributed by atoms with E-state index in [0.29, 0.717) is 28.8 Å². The number of halogens is 5. The first kappa shape index (κ1) is 25.4. The number of benzene rings is 2. The highest BCUT2D eigenvalue weighted by molar-refractivity contribution is 7.89. The van der Waals surface area contributed by atoms with Gasteiger partial charge in [0.25, 0.3) is 5.91 Å². The third-order valence-corrected chi connectivity index (χ3v) is 5.55. The molecule has 6 nitrogen and oxygen atoms in total. The Bertz CT molecular complexity index is 1400. The summed E-state index contributed by atoms with van der Waals surface area (Å²) < 4.78 is 84.9. The second-order valence-electron chi connectivity index (χ2n) is 7.41. The first-order chi connectivity index (χ1) is 15.8. The van der Waals surface area contributed by atoms with E-state index in [0.717, 1.165) is 12.3 Å². The molecule has 0 spiro atoms. The summed E-state index contributed by atoms with van der Waals surface area (Å²) in [6.07, 6.45) is 0.981. The van der Waals surface area contributed by atoms with Crippen LogP contribution in [0.5, 0.6) is 5.88 Å². The second kappa shape index (κ2) is 9.59. The van der Waals surface area contributed by atoms with Gasteiger partial charge in [-0.25, -0.2) is 35.7 Å². The van der Waals surface area contributed by atoms with Crippen LogP contribution in [0.3, 0.4) is 0 Å². The van der Waals surface area contributed by atoms with Crippen molar-refractivity contribution in [2.45, 2.75) is 20.0 Å². The summed E-state index contributed by atoms with van der Waals surface area (Å²) in [7, 11) is -3.88. The Kier molecular flexibility index (Phi) is 7.18. The molecule has 180 valence electrons. The van der Waals surface area contributed by atoms with Crippen LogP contribution in [-0.4, -0.2) is 25.6 Å². The zero-order chi connectivity index (χ0) is 25.4. The molecule has 2 aromatic carbocycles. The van der Waals surface area contributed by atoms with Crippen molar-refractivity contribution < 1.29 is 35.5 Å². The van der Waals surface area contributed by atoms with E-state index in [2.05, 4.69) is 4.98 Å². The number of nitrogens with one attached hydrogen (secondary N) is 1. The van der Waals surface area contributed by atoms with Gasteiger partial charge in [-0.3, -0.25) is 4.79 Å². The largest absolute Gasteiger partial charge is 0.469 e. The molecular weight excluding hydrogens is 500 g/mol. The Morgan fingerprint density at radius 1 is 1.03 bits per heavy atom. The fourth-order valence-corrected chi connectivity index (χ4v) is 3.79. The maximum Gasteiger partial charge on any atom is 0.267 e. The van der Waals surface area contributed by atoms with E-state index < -0.39 is 50.9 Å². The summed E-state index contributed by atoms with van der Waals surface area (Å²) in [4.78, 5) is 16.1. The molecule has 1 aromatic heterocycles. The zero-order valence-electron chi connectivity index (χ0n) is 17.9. The Morgan fingerprint density at radius 3 is 2.29 bits per heavy atom. The van der Waals surface area contributed by atoms with Crippen LogP contribution in [0.25, 0.3) is 11.1 Å². The predicted molar refractivity (Wildman–Crippen MR) is 117 cm³/mol. The van der Waals surface area contributed by atoms with Crippen molar-refractivity contribution in [3.05, 3.63) is 81.5 Å². The molecule has 1 amide bonds. The molecule has 0 radical (unpaired) electrons. The number of aromatic nitrogens is 1. The lowest BCUT2D eigenvalue weighted by atomic mass is 9.99. The van der Waals surface area contributed by atoms with E-state index in [-0.39, 0.29) is 16.5 Å². The van der Waals surface area contributed by atoms with Crippen molar-refractivity contribution in [3.8, 4) is 17.0 Å². The second-order valence-corrected chi connectivity index (χ2v) is 9.56. The van der Waals surface area contributed by atoms with Crippen LogP contribution >= 0.6 is 11.6 Å². The quantitative estimate of drug-likeness (QED) is 0.364. The van der Waals surface area contributed by atoms with Crippen molar-refractivity contribution in [1.82, 2.24) is 9.71 Å². The van der Waals surface area contributed by atoms with Crippen LogP contribution in [0, 0.1) is 30.2 Å².